The molecule has 3 nitrogen and oxygen atoms in total. The van der Waals surface area contributed by atoms with Crippen molar-refractivity contribution in [3.8, 4) is 0 Å². The molecule has 78 valence electrons. The van der Waals surface area contributed by atoms with Crippen LogP contribution in [0.25, 0.3) is 0 Å². The molecular weight excluding hydrogens is 186 g/mol. The highest BCUT2D eigenvalue weighted by molar-refractivity contribution is 7.99. The highest BCUT2D eigenvalue weighted by Crippen LogP contribution is 2.01. The molecule has 0 aromatic rings. The fraction of sp³-hybridized carbons (Fsp3) is 0.889. The lowest BCUT2D eigenvalue weighted by molar-refractivity contribution is -0.141. The third-order valence-electron chi connectivity index (χ3n) is 1.66. The summed E-state index contributed by atoms with van der Waals surface area (Å²) in [6, 6.07) is 0. The largest absolute Gasteiger partial charge is 0.468 e. The summed E-state index contributed by atoms with van der Waals surface area (Å²) < 4.78 is 4.56. The molecule has 0 aromatic carbocycles. The highest BCUT2D eigenvalue weighted by Gasteiger charge is 2.04. The minimum absolute atomic E-state index is 0.161. The molecule has 0 saturated heterocycles. The van der Waals surface area contributed by atoms with Crippen molar-refractivity contribution in [3.63, 3.8) is 0 Å². The van der Waals surface area contributed by atoms with E-state index in [9.17, 15) is 4.79 Å². The molecule has 0 aliphatic heterocycles. The lowest BCUT2D eigenvalue weighted by Gasteiger charge is -2.14. The van der Waals surface area contributed by atoms with Gasteiger partial charge in [-0.2, -0.15) is 11.8 Å². The monoisotopic (exact) mass is 205 g/mol. The number of nitrogens with zero attached hydrogens (tertiary/aromatic N) is 1. The Balaban J connectivity index is 3.29. The number of carbonyl (C=O) groups excluding carboxylic acids is 1. The average Bonchev–Trinajstić information content (AvgIpc) is 2.12. The van der Waals surface area contributed by atoms with Gasteiger partial charge in [0.2, 0.25) is 0 Å². The zero-order valence-electron chi connectivity index (χ0n) is 8.71. The van der Waals surface area contributed by atoms with E-state index in [1.54, 1.807) is 0 Å². The summed E-state index contributed by atoms with van der Waals surface area (Å²) in [5, 5.41) is 0. The maximum Gasteiger partial charge on any atom is 0.319 e. The standard InChI is InChI=1S/C9H19NO2S/c1-4-13-7-5-6-10(2)8-9(11)12-3/h4-8H2,1-3H3. The van der Waals surface area contributed by atoms with E-state index in [4.69, 9.17) is 0 Å². The van der Waals surface area contributed by atoms with Gasteiger partial charge in [0.25, 0.3) is 0 Å². The predicted molar refractivity (Wildman–Crippen MR) is 57.1 cm³/mol. The molecule has 0 spiro atoms. The van der Waals surface area contributed by atoms with Crippen LogP contribution >= 0.6 is 11.8 Å². The number of hydrogen-bond acceptors (Lipinski definition) is 4. The van der Waals surface area contributed by atoms with Gasteiger partial charge in [-0.05, 0) is 31.5 Å². The van der Waals surface area contributed by atoms with E-state index in [2.05, 4.69) is 11.7 Å². The second-order valence-electron chi connectivity index (χ2n) is 2.86. The van der Waals surface area contributed by atoms with E-state index in [0.29, 0.717) is 6.54 Å². The topological polar surface area (TPSA) is 29.5 Å². The summed E-state index contributed by atoms with van der Waals surface area (Å²) >= 11 is 1.93. The first-order valence-corrected chi connectivity index (χ1v) is 5.69. The van der Waals surface area contributed by atoms with Crippen molar-refractivity contribution >= 4 is 17.7 Å². The Kier molecular flexibility index (Phi) is 8.24. The molecule has 0 radical (unpaired) electrons. The Labute approximate surface area is 84.8 Å². The van der Waals surface area contributed by atoms with E-state index in [-0.39, 0.29) is 5.97 Å². The molecule has 13 heavy (non-hydrogen) atoms. The third kappa shape index (κ3) is 8.12. The maximum atomic E-state index is 10.8. The molecule has 0 aliphatic rings. The molecule has 0 N–H and O–H groups in total. The van der Waals surface area contributed by atoms with Gasteiger partial charge in [0.1, 0.15) is 0 Å². The van der Waals surface area contributed by atoms with Crippen LogP contribution in [-0.4, -0.2) is 49.6 Å². The lowest BCUT2D eigenvalue weighted by Crippen LogP contribution is -2.27. The second kappa shape index (κ2) is 8.38. The van der Waals surface area contributed by atoms with Crippen LogP contribution in [0.5, 0.6) is 0 Å². The third-order valence-corrected chi connectivity index (χ3v) is 2.64. The first kappa shape index (κ1) is 12.8. The van der Waals surface area contributed by atoms with Gasteiger partial charge >= 0.3 is 5.97 Å². The molecule has 0 fully saturated rings. The Bertz CT molecular complexity index is 142. The summed E-state index contributed by atoms with van der Waals surface area (Å²) in [5.74, 6) is 2.17. The fourth-order valence-corrected chi connectivity index (χ4v) is 1.57. The van der Waals surface area contributed by atoms with E-state index in [1.807, 2.05) is 23.7 Å². The number of carbonyl (C=O) groups is 1. The normalized spacial score (nSPS) is 10.5. The van der Waals surface area contributed by atoms with Crippen molar-refractivity contribution in [1.29, 1.82) is 0 Å². The van der Waals surface area contributed by atoms with E-state index < -0.39 is 0 Å². The smallest absolute Gasteiger partial charge is 0.319 e. The van der Waals surface area contributed by atoms with E-state index in [0.717, 1.165) is 13.0 Å². The maximum absolute atomic E-state index is 10.8. The number of hydrogen-bond donors (Lipinski definition) is 0. The molecule has 0 saturated carbocycles. The van der Waals surface area contributed by atoms with Crippen LogP contribution in [-0.2, 0) is 9.53 Å². The van der Waals surface area contributed by atoms with Gasteiger partial charge in [-0.3, -0.25) is 9.69 Å². The van der Waals surface area contributed by atoms with Crippen LogP contribution in [0.15, 0.2) is 0 Å². The summed E-state index contributed by atoms with van der Waals surface area (Å²) in [6.45, 7) is 3.51. The quantitative estimate of drug-likeness (QED) is 0.462. The van der Waals surface area contributed by atoms with Crippen molar-refractivity contribution < 1.29 is 9.53 Å². The van der Waals surface area contributed by atoms with E-state index in [1.165, 1.54) is 18.6 Å². The fourth-order valence-electron chi connectivity index (χ4n) is 0.945. The van der Waals surface area contributed by atoms with Gasteiger partial charge in [-0.25, -0.2) is 0 Å². The van der Waals surface area contributed by atoms with Gasteiger partial charge in [-0.1, -0.05) is 6.92 Å². The first-order valence-electron chi connectivity index (χ1n) is 4.53. The van der Waals surface area contributed by atoms with Gasteiger partial charge in [0.15, 0.2) is 0 Å². The number of methoxy groups -OCH3 is 1. The lowest BCUT2D eigenvalue weighted by atomic mass is 10.4. The number of rotatable bonds is 7. The summed E-state index contributed by atoms with van der Waals surface area (Å²) in [6.07, 6.45) is 1.13. The van der Waals surface area contributed by atoms with Crippen LogP contribution in [0, 0.1) is 0 Å². The predicted octanol–water partition coefficient (Wildman–Crippen LogP) is 1.23. The van der Waals surface area contributed by atoms with Crippen molar-refractivity contribution in [3.05, 3.63) is 0 Å². The van der Waals surface area contributed by atoms with Crippen molar-refractivity contribution in [2.45, 2.75) is 13.3 Å². The number of esters is 1. The molecule has 0 heterocycles. The molecule has 4 heteroatoms. The molecular formula is C9H19NO2S. The Morgan fingerprint density at radius 1 is 1.54 bits per heavy atom. The Hall–Kier alpha value is -0.220. The highest BCUT2D eigenvalue weighted by atomic mass is 32.2. The van der Waals surface area contributed by atoms with Crippen LogP contribution in [0.3, 0.4) is 0 Å². The zero-order valence-corrected chi connectivity index (χ0v) is 9.52. The number of thioether (sulfide) groups is 1. The van der Waals surface area contributed by atoms with Crippen molar-refractivity contribution in [2.24, 2.45) is 0 Å². The molecule has 0 rings (SSSR count). The number of ether oxygens (including phenoxy) is 1. The molecule has 0 bridgehead atoms. The minimum Gasteiger partial charge on any atom is -0.468 e. The van der Waals surface area contributed by atoms with Gasteiger partial charge in [0, 0.05) is 0 Å². The van der Waals surface area contributed by atoms with Gasteiger partial charge in [0.05, 0.1) is 13.7 Å². The van der Waals surface area contributed by atoms with Crippen LogP contribution in [0.1, 0.15) is 13.3 Å². The molecule has 0 aromatic heterocycles. The van der Waals surface area contributed by atoms with Crippen LogP contribution in [0.2, 0.25) is 0 Å². The van der Waals surface area contributed by atoms with Crippen molar-refractivity contribution in [2.75, 3.05) is 38.8 Å². The van der Waals surface area contributed by atoms with Crippen LogP contribution in [0.4, 0.5) is 0 Å². The Morgan fingerprint density at radius 2 is 2.23 bits per heavy atom. The molecule has 0 aliphatic carbocycles. The summed E-state index contributed by atoms with van der Waals surface area (Å²) in [5.41, 5.74) is 0. The molecule has 0 atom stereocenters. The first-order chi connectivity index (χ1) is 6.20. The average molecular weight is 205 g/mol. The summed E-state index contributed by atoms with van der Waals surface area (Å²) in [4.78, 5) is 12.8. The number of likely N-dealkylation sites (N-methyl/N-ethyl adjacent to an activating group) is 1. The van der Waals surface area contributed by atoms with Crippen LogP contribution < -0.4 is 0 Å². The van der Waals surface area contributed by atoms with Gasteiger partial charge < -0.3 is 4.74 Å². The zero-order chi connectivity index (χ0) is 10.1. The SMILES string of the molecule is CCSCCCN(C)CC(=O)OC. The Morgan fingerprint density at radius 3 is 2.77 bits per heavy atom. The molecule has 0 unspecified atom stereocenters. The molecule has 0 amide bonds. The summed E-state index contributed by atoms with van der Waals surface area (Å²) in [7, 11) is 3.36. The second-order valence-corrected chi connectivity index (χ2v) is 4.26. The van der Waals surface area contributed by atoms with Crippen molar-refractivity contribution in [1.82, 2.24) is 4.90 Å². The van der Waals surface area contributed by atoms with E-state index >= 15 is 0 Å². The minimum atomic E-state index is -0.161. The van der Waals surface area contributed by atoms with Gasteiger partial charge in [-0.15, -0.1) is 0 Å².